The molecule has 6 heteroatoms. The molecule has 3 aromatic rings. The van der Waals surface area contributed by atoms with Crippen LogP contribution in [0.4, 0.5) is 4.39 Å². The summed E-state index contributed by atoms with van der Waals surface area (Å²) in [4.78, 5) is 0. The first-order valence-electron chi connectivity index (χ1n) is 6.66. The molecule has 2 aromatic carbocycles. The number of benzene rings is 2. The summed E-state index contributed by atoms with van der Waals surface area (Å²) in [6, 6.07) is 14.0. The Morgan fingerprint density at radius 1 is 1.05 bits per heavy atom. The Balaban J connectivity index is 1.75. The first-order chi connectivity index (χ1) is 10.6. The highest BCUT2D eigenvalue weighted by atomic mass is 35.5. The highest BCUT2D eigenvalue weighted by Gasteiger charge is 2.11. The van der Waals surface area contributed by atoms with Gasteiger partial charge in [-0.2, -0.15) is 0 Å². The fraction of sp³-hybridized carbons (Fsp3) is 0.125. The Hall–Kier alpha value is -1.85. The average molecular weight is 334 g/mol. The van der Waals surface area contributed by atoms with Crippen LogP contribution in [0.1, 0.15) is 5.56 Å². The Labute approximate surface area is 137 Å². The minimum Gasteiger partial charge on any atom is -0.305 e. The topological polar surface area (TPSA) is 30.7 Å². The van der Waals surface area contributed by atoms with Crippen LogP contribution in [0.2, 0.25) is 5.02 Å². The predicted molar refractivity (Wildman–Crippen MR) is 87.4 cm³/mol. The molecule has 3 rings (SSSR count). The van der Waals surface area contributed by atoms with E-state index in [0.717, 1.165) is 27.3 Å². The summed E-state index contributed by atoms with van der Waals surface area (Å²) in [5.74, 6) is 1.24. The minimum atomic E-state index is -0.261. The van der Waals surface area contributed by atoms with E-state index in [0.29, 0.717) is 0 Å². The standard InChI is InChI=1S/C16H13ClFN3S/c1-21-15(12-4-8-14(18)9-5-12)19-20-16(21)22-10-11-2-6-13(17)7-3-11/h2-9H,10H2,1H3. The van der Waals surface area contributed by atoms with E-state index < -0.39 is 0 Å². The zero-order valence-corrected chi connectivity index (χ0v) is 13.4. The zero-order chi connectivity index (χ0) is 15.5. The maximum Gasteiger partial charge on any atom is 0.191 e. The van der Waals surface area contributed by atoms with Crippen molar-refractivity contribution in [1.29, 1.82) is 0 Å². The lowest BCUT2D eigenvalue weighted by molar-refractivity contribution is 0.628. The van der Waals surface area contributed by atoms with Crippen LogP contribution in [0, 0.1) is 5.82 Å². The molecule has 1 aromatic heterocycles. The summed E-state index contributed by atoms with van der Waals surface area (Å²) in [6.45, 7) is 0. The van der Waals surface area contributed by atoms with Crippen LogP contribution < -0.4 is 0 Å². The Kier molecular flexibility index (Phi) is 4.45. The lowest BCUT2D eigenvalue weighted by Gasteiger charge is -2.04. The normalized spacial score (nSPS) is 10.9. The van der Waals surface area contributed by atoms with Gasteiger partial charge in [0.25, 0.3) is 0 Å². The van der Waals surface area contributed by atoms with Gasteiger partial charge < -0.3 is 4.57 Å². The molecule has 0 saturated heterocycles. The second-order valence-electron chi connectivity index (χ2n) is 4.79. The molecular formula is C16H13ClFN3S. The van der Waals surface area contributed by atoms with Crippen molar-refractivity contribution in [2.45, 2.75) is 10.9 Å². The van der Waals surface area contributed by atoms with Crippen LogP contribution >= 0.6 is 23.4 Å². The third kappa shape index (κ3) is 3.31. The average Bonchev–Trinajstić information content (AvgIpc) is 2.89. The number of thioether (sulfide) groups is 1. The number of nitrogens with zero attached hydrogens (tertiary/aromatic N) is 3. The molecule has 0 fully saturated rings. The summed E-state index contributed by atoms with van der Waals surface area (Å²) >= 11 is 7.47. The largest absolute Gasteiger partial charge is 0.305 e. The molecule has 0 amide bonds. The molecule has 0 bridgehead atoms. The van der Waals surface area contributed by atoms with Gasteiger partial charge in [-0.05, 0) is 42.0 Å². The van der Waals surface area contributed by atoms with Crippen LogP contribution in [0.3, 0.4) is 0 Å². The SMILES string of the molecule is Cn1c(SCc2ccc(Cl)cc2)nnc1-c1ccc(F)cc1. The van der Waals surface area contributed by atoms with Gasteiger partial charge >= 0.3 is 0 Å². The van der Waals surface area contributed by atoms with Crippen LogP contribution in [0.25, 0.3) is 11.4 Å². The van der Waals surface area contributed by atoms with Crippen LogP contribution in [0.15, 0.2) is 53.7 Å². The van der Waals surface area contributed by atoms with Gasteiger partial charge in [-0.1, -0.05) is 35.5 Å². The van der Waals surface area contributed by atoms with E-state index in [1.54, 1.807) is 23.9 Å². The van der Waals surface area contributed by atoms with E-state index in [2.05, 4.69) is 10.2 Å². The van der Waals surface area contributed by atoms with Gasteiger partial charge in [0.2, 0.25) is 0 Å². The maximum absolute atomic E-state index is 13.0. The fourth-order valence-electron chi connectivity index (χ4n) is 2.02. The molecule has 0 radical (unpaired) electrons. The lowest BCUT2D eigenvalue weighted by Crippen LogP contribution is -1.95. The number of hydrogen-bond acceptors (Lipinski definition) is 3. The quantitative estimate of drug-likeness (QED) is 0.655. The summed E-state index contributed by atoms with van der Waals surface area (Å²) in [5.41, 5.74) is 2.01. The number of rotatable bonds is 4. The van der Waals surface area contributed by atoms with Gasteiger partial charge in [0.1, 0.15) is 5.82 Å². The molecule has 0 aliphatic heterocycles. The Morgan fingerprint density at radius 2 is 1.73 bits per heavy atom. The molecule has 1 heterocycles. The molecule has 0 atom stereocenters. The molecule has 0 spiro atoms. The maximum atomic E-state index is 13.0. The number of halogens is 2. The molecular weight excluding hydrogens is 321 g/mol. The van der Waals surface area contributed by atoms with E-state index >= 15 is 0 Å². The monoisotopic (exact) mass is 333 g/mol. The van der Waals surface area contributed by atoms with Gasteiger partial charge in [0.05, 0.1) is 0 Å². The van der Waals surface area contributed by atoms with E-state index in [-0.39, 0.29) is 5.82 Å². The van der Waals surface area contributed by atoms with Crippen molar-refractivity contribution in [1.82, 2.24) is 14.8 Å². The zero-order valence-electron chi connectivity index (χ0n) is 11.8. The number of aromatic nitrogens is 3. The van der Waals surface area contributed by atoms with Gasteiger partial charge in [-0.25, -0.2) is 4.39 Å². The molecule has 112 valence electrons. The first kappa shape index (κ1) is 15.1. The minimum absolute atomic E-state index is 0.261. The van der Waals surface area contributed by atoms with Crippen molar-refractivity contribution in [2.75, 3.05) is 0 Å². The number of hydrogen-bond donors (Lipinski definition) is 0. The summed E-state index contributed by atoms with van der Waals surface area (Å²) in [6.07, 6.45) is 0. The van der Waals surface area contributed by atoms with E-state index in [1.807, 2.05) is 35.9 Å². The molecule has 22 heavy (non-hydrogen) atoms. The van der Waals surface area contributed by atoms with Crippen molar-refractivity contribution >= 4 is 23.4 Å². The van der Waals surface area contributed by atoms with Crippen molar-refractivity contribution in [2.24, 2.45) is 7.05 Å². The molecule has 3 nitrogen and oxygen atoms in total. The summed E-state index contributed by atoms with van der Waals surface area (Å²) in [5, 5.41) is 9.94. The molecule has 0 aliphatic rings. The highest BCUT2D eigenvalue weighted by Crippen LogP contribution is 2.25. The van der Waals surface area contributed by atoms with Crippen LogP contribution in [0.5, 0.6) is 0 Å². The van der Waals surface area contributed by atoms with Crippen LogP contribution in [-0.4, -0.2) is 14.8 Å². The van der Waals surface area contributed by atoms with Crippen LogP contribution in [-0.2, 0) is 12.8 Å². The van der Waals surface area contributed by atoms with Gasteiger partial charge in [0.15, 0.2) is 11.0 Å². The third-order valence-electron chi connectivity index (χ3n) is 3.22. The third-order valence-corrected chi connectivity index (χ3v) is 4.56. The van der Waals surface area contributed by atoms with Gasteiger partial charge in [-0.3, -0.25) is 0 Å². The molecule has 0 aliphatic carbocycles. The van der Waals surface area contributed by atoms with Crippen molar-refractivity contribution < 1.29 is 4.39 Å². The molecule has 0 N–H and O–H groups in total. The lowest BCUT2D eigenvalue weighted by atomic mass is 10.2. The highest BCUT2D eigenvalue weighted by molar-refractivity contribution is 7.98. The second kappa shape index (κ2) is 6.50. The summed E-state index contributed by atoms with van der Waals surface area (Å²) in [7, 11) is 1.91. The second-order valence-corrected chi connectivity index (χ2v) is 6.17. The van der Waals surface area contributed by atoms with Crippen molar-refractivity contribution in [3.05, 3.63) is 64.9 Å². The Morgan fingerprint density at radius 3 is 2.41 bits per heavy atom. The molecule has 0 saturated carbocycles. The van der Waals surface area contributed by atoms with Crippen molar-refractivity contribution in [3.8, 4) is 11.4 Å². The predicted octanol–water partition coefficient (Wildman–Crippen LogP) is 4.57. The van der Waals surface area contributed by atoms with Gasteiger partial charge in [0, 0.05) is 23.4 Å². The summed E-state index contributed by atoms with van der Waals surface area (Å²) < 4.78 is 14.9. The first-order valence-corrected chi connectivity index (χ1v) is 8.02. The molecule has 0 unspecified atom stereocenters. The van der Waals surface area contributed by atoms with E-state index in [4.69, 9.17) is 11.6 Å². The van der Waals surface area contributed by atoms with E-state index in [1.165, 1.54) is 17.7 Å². The van der Waals surface area contributed by atoms with E-state index in [9.17, 15) is 4.39 Å². The Bertz CT molecular complexity index is 769. The van der Waals surface area contributed by atoms with Crippen molar-refractivity contribution in [3.63, 3.8) is 0 Å². The fourth-order valence-corrected chi connectivity index (χ4v) is 3.01. The smallest absolute Gasteiger partial charge is 0.191 e. The van der Waals surface area contributed by atoms with Gasteiger partial charge in [-0.15, -0.1) is 10.2 Å².